The number of aromatic nitrogens is 4. The van der Waals surface area contributed by atoms with Gasteiger partial charge in [0.05, 0.1) is 29.5 Å². The summed E-state index contributed by atoms with van der Waals surface area (Å²) in [5, 5.41) is 23.8. The predicted molar refractivity (Wildman–Crippen MR) is 110 cm³/mol. The van der Waals surface area contributed by atoms with Crippen molar-refractivity contribution in [2.24, 2.45) is 0 Å². The number of nitro groups is 1. The summed E-state index contributed by atoms with van der Waals surface area (Å²) >= 11 is 5.99. The van der Waals surface area contributed by atoms with Crippen molar-refractivity contribution in [3.8, 4) is 17.1 Å². The van der Waals surface area contributed by atoms with Crippen LogP contribution in [0.3, 0.4) is 0 Å². The van der Waals surface area contributed by atoms with Crippen LogP contribution in [0.25, 0.3) is 11.4 Å². The van der Waals surface area contributed by atoms with Crippen molar-refractivity contribution in [2.45, 2.75) is 13.5 Å². The van der Waals surface area contributed by atoms with Crippen LogP contribution < -0.4 is 15.4 Å². The molecule has 0 saturated carbocycles. The third-order valence-electron chi connectivity index (χ3n) is 4.20. The van der Waals surface area contributed by atoms with Crippen LogP contribution in [0.2, 0.25) is 5.02 Å². The van der Waals surface area contributed by atoms with Gasteiger partial charge in [0.25, 0.3) is 0 Å². The summed E-state index contributed by atoms with van der Waals surface area (Å²) in [6.45, 7) is 1.60. The summed E-state index contributed by atoms with van der Waals surface area (Å²) in [7, 11) is 1.48. The number of hydrogen-bond donors (Lipinski definition) is 2. The first-order chi connectivity index (χ1) is 15.3. The van der Waals surface area contributed by atoms with Crippen molar-refractivity contribution in [1.82, 2.24) is 30.6 Å². The molecule has 0 saturated heterocycles. The number of methoxy groups -OCH3 is 1. The van der Waals surface area contributed by atoms with Gasteiger partial charge in [0.15, 0.2) is 0 Å². The molecule has 13 nitrogen and oxygen atoms in total. The summed E-state index contributed by atoms with van der Waals surface area (Å²) in [4.78, 5) is 38.3. The standard InChI is InChI=1S/C18H18ClN7O6/c1-10-7-14(26(29)30)23-25(10)9-15(27)20-5-6-21-17(28)18-22-16(24-32-18)12-8-11(19)3-4-13(12)31-2/h3-4,7-8H,5-6,9H2,1-2H3,(H,20,27)(H,21,28). The highest BCUT2D eigenvalue weighted by Crippen LogP contribution is 2.30. The first kappa shape index (κ1) is 22.7. The molecule has 2 aromatic heterocycles. The fourth-order valence-corrected chi connectivity index (χ4v) is 2.84. The molecular weight excluding hydrogens is 446 g/mol. The Kier molecular flexibility index (Phi) is 7.00. The van der Waals surface area contributed by atoms with Crippen molar-refractivity contribution in [3.05, 3.63) is 51.0 Å². The normalized spacial score (nSPS) is 10.6. The van der Waals surface area contributed by atoms with Crippen molar-refractivity contribution < 1.29 is 23.8 Å². The van der Waals surface area contributed by atoms with E-state index in [2.05, 4.69) is 25.9 Å². The molecule has 3 rings (SSSR count). The third-order valence-corrected chi connectivity index (χ3v) is 4.44. The Hall–Kier alpha value is -4.00. The van der Waals surface area contributed by atoms with E-state index in [1.54, 1.807) is 25.1 Å². The molecule has 32 heavy (non-hydrogen) atoms. The Morgan fingerprint density at radius 3 is 2.72 bits per heavy atom. The largest absolute Gasteiger partial charge is 0.496 e. The molecule has 3 aromatic rings. The smallest absolute Gasteiger partial charge is 0.390 e. The maximum Gasteiger partial charge on any atom is 0.390 e. The predicted octanol–water partition coefficient (Wildman–Crippen LogP) is 1.36. The molecule has 0 unspecified atom stereocenters. The van der Waals surface area contributed by atoms with Crippen LogP contribution in [0.4, 0.5) is 5.82 Å². The van der Waals surface area contributed by atoms with Crippen molar-refractivity contribution >= 4 is 29.2 Å². The molecule has 2 heterocycles. The molecule has 0 fully saturated rings. The molecule has 0 bridgehead atoms. The van der Waals surface area contributed by atoms with Crippen LogP contribution in [0.1, 0.15) is 16.4 Å². The summed E-state index contributed by atoms with van der Waals surface area (Å²) in [5.74, 6) is -1.06. The summed E-state index contributed by atoms with van der Waals surface area (Å²) < 4.78 is 11.4. The van der Waals surface area contributed by atoms with E-state index in [4.69, 9.17) is 20.9 Å². The number of rotatable bonds is 9. The molecule has 168 valence electrons. The van der Waals surface area contributed by atoms with Gasteiger partial charge in [-0.15, -0.1) is 0 Å². The van der Waals surface area contributed by atoms with Gasteiger partial charge in [0, 0.05) is 18.1 Å². The van der Waals surface area contributed by atoms with Crippen LogP contribution in [-0.2, 0) is 11.3 Å². The van der Waals surface area contributed by atoms with Gasteiger partial charge >= 0.3 is 17.6 Å². The molecule has 0 aliphatic rings. The molecule has 0 radical (unpaired) electrons. The SMILES string of the molecule is COc1ccc(Cl)cc1-c1noc(C(=O)NCCNC(=O)Cn2nc([N+](=O)[O-])cc2C)n1. The summed E-state index contributed by atoms with van der Waals surface area (Å²) in [5.41, 5.74) is 0.938. The van der Waals surface area contributed by atoms with Crippen LogP contribution in [0, 0.1) is 17.0 Å². The minimum absolute atomic E-state index is 0.0843. The second-order valence-corrected chi connectivity index (χ2v) is 6.87. The average Bonchev–Trinajstić information content (AvgIpc) is 3.38. The van der Waals surface area contributed by atoms with E-state index in [-0.39, 0.29) is 37.2 Å². The number of nitrogens with one attached hydrogen (secondary N) is 2. The lowest BCUT2D eigenvalue weighted by Gasteiger charge is -2.05. The molecule has 1 aromatic carbocycles. The first-order valence-electron chi connectivity index (χ1n) is 9.20. The van der Waals surface area contributed by atoms with E-state index in [0.717, 1.165) is 0 Å². The Labute approximate surface area is 185 Å². The van der Waals surface area contributed by atoms with E-state index >= 15 is 0 Å². The maximum absolute atomic E-state index is 12.2. The zero-order valence-electron chi connectivity index (χ0n) is 17.0. The van der Waals surface area contributed by atoms with E-state index in [1.165, 1.54) is 17.9 Å². The van der Waals surface area contributed by atoms with Gasteiger partial charge in [-0.05, 0) is 30.0 Å². The summed E-state index contributed by atoms with van der Waals surface area (Å²) in [6, 6.07) is 6.13. The number of aryl methyl sites for hydroxylation is 1. The van der Waals surface area contributed by atoms with Crippen LogP contribution in [0.5, 0.6) is 5.75 Å². The van der Waals surface area contributed by atoms with Crippen molar-refractivity contribution in [3.63, 3.8) is 0 Å². The van der Waals surface area contributed by atoms with Crippen LogP contribution in [-0.4, -0.2) is 56.9 Å². The second kappa shape index (κ2) is 9.87. The Bertz CT molecular complexity index is 1160. The zero-order chi connectivity index (χ0) is 23.3. The highest BCUT2D eigenvalue weighted by molar-refractivity contribution is 6.30. The number of ether oxygens (including phenoxy) is 1. The van der Waals surface area contributed by atoms with Crippen molar-refractivity contribution in [1.29, 1.82) is 0 Å². The number of nitrogens with zero attached hydrogens (tertiary/aromatic N) is 5. The van der Waals surface area contributed by atoms with Crippen molar-refractivity contribution in [2.75, 3.05) is 20.2 Å². The minimum atomic E-state index is -0.637. The number of benzene rings is 1. The monoisotopic (exact) mass is 463 g/mol. The minimum Gasteiger partial charge on any atom is -0.496 e. The maximum atomic E-state index is 12.2. The fourth-order valence-electron chi connectivity index (χ4n) is 2.67. The van der Waals surface area contributed by atoms with Gasteiger partial charge in [-0.25, -0.2) is 0 Å². The number of halogens is 1. The lowest BCUT2D eigenvalue weighted by molar-refractivity contribution is -0.389. The lowest BCUT2D eigenvalue weighted by atomic mass is 10.2. The third kappa shape index (κ3) is 5.37. The Balaban J connectivity index is 1.49. The molecule has 0 aliphatic carbocycles. The van der Waals surface area contributed by atoms with E-state index < -0.39 is 16.7 Å². The molecule has 2 amide bonds. The van der Waals surface area contributed by atoms with E-state index in [0.29, 0.717) is 22.0 Å². The van der Waals surface area contributed by atoms with Gasteiger partial charge in [-0.2, -0.15) is 9.67 Å². The fraction of sp³-hybridized carbons (Fsp3) is 0.278. The highest BCUT2D eigenvalue weighted by atomic mass is 35.5. The van der Waals surface area contributed by atoms with Gasteiger partial charge in [0.2, 0.25) is 11.7 Å². The quantitative estimate of drug-likeness (QED) is 0.270. The first-order valence-corrected chi connectivity index (χ1v) is 9.57. The number of carbonyl (C=O) groups is 2. The Morgan fingerprint density at radius 2 is 2.03 bits per heavy atom. The number of carbonyl (C=O) groups excluding carboxylic acids is 2. The zero-order valence-corrected chi connectivity index (χ0v) is 17.8. The molecular formula is C18H18ClN7O6. The second-order valence-electron chi connectivity index (χ2n) is 6.43. The number of amides is 2. The molecule has 2 N–H and O–H groups in total. The number of hydrogen-bond acceptors (Lipinski definition) is 9. The molecule has 0 spiro atoms. The van der Waals surface area contributed by atoms with Gasteiger partial charge in [-0.3, -0.25) is 9.59 Å². The summed E-state index contributed by atoms with van der Waals surface area (Å²) in [6.07, 6.45) is 0. The van der Waals surface area contributed by atoms with Crippen LogP contribution in [0.15, 0.2) is 28.8 Å². The molecule has 0 aliphatic heterocycles. The highest BCUT2D eigenvalue weighted by Gasteiger charge is 2.19. The average molecular weight is 464 g/mol. The van der Waals surface area contributed by atoms with E-state index in [1.807, 2.05) is 0 Å². The molecule has 14 heteroatoms. The van der Waals surface area contributed by atoms with Gasteiger partial charge in [-0.1, -0.05) is 16.8 Å². The van der Waals surface area contributed by atoms with Crippen LogP contribution >= 0.6 is 11.6 Å². The van der Waals surface area contributed by atoms with Gasteiger partial charge < -0.3 is 30.0 Å². The van der Waals surface area contributed by atoms with E-state index in [9.17, 15) is 19.7 Å². The topological polar surface area (TPSA) is 167 Å². The lowest BCUT2D eigenvalue weighted by Crippen LogP contribution is -2.36. The Morgan fingerprint density at radius 1 is 1.28 bits per heavy atom. The van der Waals surface area contributed by atoms with Gasteiger partial charge in [0.1, 0.15) is 12.3 Å². The molecule has 0 atom stereocenters.